The molecule has 0 spiro atoms. The van der Waals surface area contributed by atoms with E-state index in [1.54, 1.807) is 12.1 Å². The first-order valence-electron chi connectivity index (χ1n) is 10.2. The van der Waals surface area contributed by atoms with Gasteiger partial charge < -0.3 is 14.4 Å². The number of aryl methyl sites for hydroxylation is 2. The fourth-order valence-electron chi connectivity index (χ4n) is 4.04. The summed E-state index contributed by atoms with van der Waals surface area (Å²) in [5, 5.41) is 15.3. The zero-order valence-electron chi connectivity index (χ0n) is 17.4. The zero-order valence-corrected chi connectivity index (χ0v) is 18.2. The van der Waals surface area contributed by atoms with Crippen molar-refractivity contribution in [3.63, 3.8) is 0 Å². The van der Waals surface area contributed by atoms with E-state index in [1.807, 2.05) is 11.8 Å². The minimum Gasteiger partial charge on any atom is -0.492 e. The zero-order chi connectivity index (χ0) is 21.5. The van der Waals surface area contributed by atoms with E-state index in [0.29, 0.717) is 42.7 Å². The van der Waals surface area contributed by atoms with Crippen molar-refractivity contribution >= 4 is 22.2 Å². The summed E-state index contributed by atoms with van der Waals surface area (Å²) in [6.07, 6.45) is 1.52. The molecule has 160 valence electrons. The highest BCUT2D eigenvalue weighted by atomic mass is 32.1. The number of piperazine rings is 1. The summed E-state index contributed by atoms with van der Waals surface area (Å²) in [5.74, 6) is 1.03. The lowest BCUT2D eigenvalue weighted by Crippen LogP contribution is -2.49. The minimum absolute atomic E-state index is 0.0892. The molecule has 9 heteroatoms. The summed E-state index contributed by atoms with van der Waals surface area (Å²) in [6.45, 7) is 6.39. The van der Waals surface area contributed by atoms with E-state index in [-0.39, 0.29) is 17.8 Å². The van der Waals surface area contributed by atoms with Gasteiger partial charge in [0.15, 0.2) is 5.76 Å². The van der Waals surface area contributed by atoms with Crippen molar-refractivity contribution < 1.29 is 14.3 Å². The Morgan fingerprint density at radius 3 is 2.52 bits per heavy atom. The number of carbonyl (C=O) groups excluding carboxylic acids is 1. The Morgan fingerprint density at radius 1 is 1.13 bits per heavy atom. The number of aromatic nitrogens is 3. The lowest BCUT2D eigenvalue weighted by molar-refractivity contribution is 0.0568. The summed E-state index contributed by atoms with van der Waals surface area (Å²) in [5.41, 5.74) is 2.27. The average Bonchev–Trinajstić information content (AvgIpc) is 3.49. The number of benzene rings is 1. The molecule has 1 amide bonds. The summed E-state index contributed by atoms with van der Waals surface area (Å²) in [7, 11) is 0. The fraction of sp³-hybridized carbons (Fsp3) is 0.318. The monoisotopic (exact) mass is 437 g/mol. The number of nitrogens with zero attached hydrogens (tertiary/aromatic N) is 5. The van der Waals surface area contributed by atoms with Crippen LogP contribution < -0.4 is 0 Å². The lowest BCUT2D eigenvalue weighted by atomic mass is 10.0. The van der Waals surface area contributed by atoms with E-state index in [0.717, 1.165) is 10.4 Å². The Balaban J connectivity index is 1.45. The molecular weight excluding hydrogens is 414 g/mol. The van der Waals surface area contributed by atoms with Gasteiger partial charge in [0.2, 0.25) is 10.8 Å². The molecule has 3 aromatic heterocycles. The number of furan rings is 1. The number of hydrogen-bond acceptors (Lipinski definition) is 7. The Hall–Kier alpha value is -3.17. The maximum absolute atomic E-state index is 12.6. The van der Waals surface area contributed by atoms with Crippen LogP contribution >= 0.6 is 11.3 Å². The second-order valence-corrected chi connectivity index (χ2v) is 8.77. The molecular formula is C22H23N5O3S. The Labute approximate surface area is 183 Å². The predicted molar refractivity (Wildman–Crippen MR) is 116 cm³/mol. The van der Waals surface area contributed by atoms with Crippen LogP contribution in [0.3, 0.4) is 0 Å². The molecule has 4 aromatic rings. The van der Waals surface area contributed by atoms with Crippen LogP contribution in [0.1, 0.15) is 38.4 Å². The van der Waals surface area contributed by atoms with Crippen molar-refractivity contribution in [2.45, 2.75) is 19.9 Å². The number of amides is 1. The Morgan fingerprint density at radius 2 is 1.87 bits per heavy atom. The minimum atomic E-state index is -0.143. The molecule has 1 aliphatic rings. The van der Waals surface area contributed by atoms with E-state index < -0.39 is 0 Å². The van der Waals surface area contributed by atoms with Gasteiger partial charge >= 0.3 is 0 Å². The first kappa shape index (κ1) is 19.8. The maximum atomic E-state index is 12.6. The van der Waals surface area contributed by atoms with E-state index in [2.05, 4.69) is 46.2 Å². The molecule has 5 rings (SSSR count). The van der Waals surface area contributed by atoms with Crippen molar-refractivity contribution in [3.8, 4) is 5.88 Å². The molecule has 1 N–H and O–H groups in total. The van der Waals surface area contributed by atoms with Crippen molar-refractivity contribution in [2.75, 3.05) is 26.2 Å². The normalized spacial score (nSPS) is 16.1. The molecule has 1 atom stereocenters. The standard InChI is InChI=1S/C22H23N5O3S/c1-14-5-7-16(8-6-14)18(19-21(29)27-22(31-19)23-15(2)24-27)25-9-11-26(12-10-25)20(28)17-4-3-13-30-17/h3-8,13,18,29H,9-12H2,1-2H3. The molecule has 1 aliphatic heterocycles. The maximum Gasteiger partial charge on any atom is 0.289 e. The van der Waals surface area contributed by atoms with Gasteiger partial charge in [0.25, 0.3) is 5.91 Å². The first-order valence-corrected chi connectivity index (χ1v) is 11.0. The second kappa shape index (κ2) is 7.82. The molecule has 8 nitrogen and oxygen atoms in total. The molecule has 0 radical (unpaired) electrons. The van der Waals surface area contributed by atoms with Crippen LogP contribution in [-0.2, 0) is 0 Å². The number of aromatic hydroxyl groups is 1. The first-order chi connectivity index (χ1) is 15.0. The molecule has 31 heavy (non-hydrogen) atoms. The van der Waals surface area contributed by atoms with Crippen LogP contribution in [0.2, 0.25) is 0 Å². The number of fused-ring (bicyclic) bond motifs is 1. The highest BCUT2D eigenvalue weighted by Gasteiger charge is 2.33. The Bertz CT molecular complexity index is 1200. The summed E-state index contributed by atoms with van der Waals surface area (Å²) < 4.78 is 6.78. The highest BCUT2D eigenvalue weighted by molar-refractivity contribution is 7.17. The SMILES string of the molecule is Cc1ccc(C(c2sc3nc(C)nn3c2O)N2CCN(C(=O)c3ccco3)CC2)cc1. The molecule has 1 fully saturated rings. The van der Waals surface area contributed by atoms with E-state index in [9.17, 15) is 9.90 Å². The molecule has 1 saturated heterocycles. The van der Waals surface area contributed by atoms with Gasteiger partial charge in [-0.2, -0.15) is 4.52 Å². The van der Waals surface area contributed by atoms with Gasteiger partial charge in [-0.05, 0) is 31.5 Å². The molecule has 0 saturated carbocycles. The number of hydrogen-bond donors (Lipinski definition) is 1. The number of carbonyl (C=O) groups is 1. The topological polar surface area (TPSA) is 87.1 Å². The van der Waals surface area contributed by atoms with Crippen molar-refractivity contribution in [3.05, 3.63) is 70.3 Å². The Kier molecular flexibility index (Phi) is 4.99. The van der Waals surface area contributed by atoms with E-state index in [4.69, 9.17) is 4.42 Å². The quantitative estimate of drug-likeness (QED) is 0.527. The average molecular weight is 438 g/mol. The van der Waals surface area contributed by atoms with Gasteiger partial charge in [-0.1, -0.05) is 41.2 Å². The molecule has 1 aromatic carbocycles. The number of thiazole rings is 1. The van der Waals surface area contributed by atoms with Crippen LogP contribution in [0, 0.1) is 13.8 Å². The lowest BCUT2D eigenvalue weighted by Gasteiger charge is -2.38. The van der Waals surface area contributed by atoms with Gasteiger partial charge in [-0.25, -0.2) is 4.98 Å². The summed E-state index contributed by atoms with van der Waals surface area (Å²) >= 11 is 1.45. The molecule has 4 heterocycles. The fourth-order valence-corrected chi connectivity index (χ4v) is 5.20. The highest BCUT2D eigenvalue weighted by Crippen LogP contribution is 2.40. The molecule has 1 unspecified atom stereocenters. The van der Waals surface area contributed by atoms with Crippen LogP contribution in [0.25, 0.3) is 4.96 Å². The predicted octanol–water partition coefficient (Wildman–Crippen LogP) is 3.25. The van der Waals surface area contributed by atoms with Crippen molar-refractivity contribution in [1.29, 1.82) is 0 Å². The molecule has 0 aliphatic carbocycles. The van der Waals surface area contributed by atoms with Crippen molar-refractivity contribution in [2.24, 2.45) is 0 Å². The van der Waals surface area contributed by atoms with Crippen molar-refractivity contribution in [1.82, 2.24) is 24.4 Å². The summed E-state index contributed by atoms with van der Waals surface area (Å²) in [6, 6.07) is 11.6. The third-order valence-corrected chi connectivity index (χ3v) is 6.72. The van der Waals surface area contributed by atoms with E-state index in [1.165, 1.54) is 27.7 Å². The van der Waals surface area contributed by atoms with Gasteiger partial charge in [-0.3, -0.25) is 9.69 Å². The van der Waals surface area contributed by atoms with Crippen LogP contribution in [0.5, 0.6) is 5.88 Å². The van der Waals surface area contributed by atoms with Crippen LogP contribution in [0.4, 0.5) is 0 Å². The molecule has 0 bridgehead atoms. The van der Waals surface area contributed by atoms with Crippen LogP contribution in [0.15, 0.2) is 47.1 Å². The summed E-state index contributed by atoms with van der Waals surface area (Å²) in [4.78, 5) is 22.7. The van der Waals surface area contributed by atoms with Gasteiger partial charge in [-0.15, -0.1) is 5.10 Å². The van der Waals surface area contributed by atoms with Gasteiger partial charge in [0, 0.05) is 26.2 Å². The van der Waals surface area contributed by atoms with Gasteiger partial charge in [0.1, 0.15) is 5.82 Å². The second-order valence-electron chi connectivity index (χ2n) is 7.76. The third kappa shape index (κ3) is 3.60. The third-order valence-electron chi connectivity index (χ3n) is 5.65. The number of rotatable bonds is 4. The van der Waals surface area contributed by atoms with Crippen LogP contribution in [-0.4, -0.2) is 61.6 Å². The van der Waals surface area contributed by atoms with Gasteiger partial charge in [0.05, 0.1) is 17.2 Å². The van der Waals surface area contributed by atoms with E-state index >= 15 is 0 Å². The largest absolute Gasteiger partial charge is 0.492 e. The smallest absolute Gasteiger partial charge is 0.289 e.